The molecule has 1 fully saturated rings. The first-order valence-electron chi connectivity index (χ1n) is 5.67. The number of aromatic nitrogens is 2. The molecule has 0 bridgehead atoms. The predicted octanol–water partition coefficient (Wildman–Crippen LogP) is 1.62. The van der Waals surface area contributed by atoms with Crippen LogP contribution in [0, 0.1) is 0 Å². The van der Waals surface area contributed by atoms with Crippen molar-refractivity contribution in [2.24, 2.45) is 0 Å². The van der Waals surface area contributed by atoms with Gasteiger partial charge in [0.1, 0.15) is 5.15 Å². The van der Waals surface area contributed by atoms with E-state index in [2.05, 4.69) is 21.8 Å². The van der Waals surface area contributed by atoms with E-state index in [1.807, 2.05) is 0 Å². The van der Waals surface area contributed by atoms with Gasteiger partial charge in [-0.25, -0.2) is 9.78 Å². The molecule has 1 aromatic rings. The first kappa shape index (κ1) is 11.6. The molecule has 1 aromatic heterocycles. The summed E-state index contributed by atoms with van der Waals surface area (Å²) in [6.07, 6.45) is 3.79. The van der Waals surface area contributed by atoms with Crippen LogP contribution in [0.2, 0.25) is 5.15 Å². The Balaban J connectivity index is 2.11. The molecule has 0 aromatic carbocycles. The minimum atomic E-state index is -0.375. The largest absolute Gasteiger partial charge is 0.346 e. The lowest BCUT2D eigenvalue weighted by atomic mass is 9.91. The van der Waals surface area contributed by atoms with Crippen LogP contribution in [-0.2, 0) is 0 Å². The Morgan fingerprint density at radius 2 is 2.25 bits per heavy atom. The van der Waals surface area contributed by atoms with Crippen LogP contribution < -0.4 is 5.69 Å². The second-order valence-corrected chi connectivity index (χ2v) is 4.54. The number of nitrogens with zero attached hydrogens (tertiary/aromatic N) is 2. The molecular weight excluding hydrogens is 226 g/mol. The first-order chi connectivity index (χ1) is 7.70. The highest BCUT2D eigenvalue weighted by Gasteiger charge is 2.21. The molecule has 1 saturated heterocycles. The van der Waals surface area contributed by atoms with E-state index in [9.17, 15) is 4.79 Å². The zero-order valence-corrected chi connectivity index (χ0v) is 10.1. The third kappa shape index (κ3) is 2.44. The zero-order chi connectivity index (χ0) is 11.5. The van der Waals surface area contributed by atoms with Gasteiger partial charge in [-0.2, -0.15) is 0 Å². The molecule has 16 heavy (non-hydrogen) atoms. The van der Waals surface area contributed by atoms with Crippen LogP contribution in [0.5, 0.6) is 0 Å². The number of piperidine rings is 1. The van der Waals surface area contributed by atoms with Crippen molar-refractivity contribution in [1.29, 1.82) is 0 Å². The fourth-order valence-electron chi connectivity index (χ4n) is 2.23. The van der Waals surface area contributed by atoms with Crippen LogP contribution in [0.15, 0.2) is 11.0 Å². The number of likely N-dealkylation sites (tertiary alicyclic amines) is 1. The van der Waals surface area contributed by atoms with E-state index in [1.54, 1.807) is 6.20 Å². The minimum Gasteiger partial charge on any atom is -0.304 e. The second kappa shape index (κ2) is 4.97. The summed E-state index contributed by atoms with van der Waals surface area (Å²) in [4.78, 5) is 19.7. The molecule has 5 heteroatoms. The Labute approximate surface area is 99.6 Å². The third-order valence-corrected chi connectivity index (χ3v) is 3.58. The molecule has 1 N–H and O–H groups in total. The zero-order valence-electron chi connectivity index (χ0n) is 9.37. The maximum atomic E-state index is 11.0. The van der Waals surface area contributed by atoms with Crippen molar-refractivity contribution in [3.05, 3.63) is 27.4 Å². The number of rotatable bonds is 2. The van der Waals surface area contributed by atoms with Crippen molar-refractivity contribution < 1.29 is 0 Å². The van der Waals surface area contributed by atoms with E-state index >= 15 is 0 Å². The van der Waals surface area contributed by atoms with E-state index in [4.69, 9.17) is 11.6 Å². The van der Waals surface area contributed by atoms with Gasteiger partial charge in [0.25, 0.3) is 0 Å². The quantitative estimate of drug-likeness (QED) is 0.801. The molecule has 0 saturated carbocycles. The van der Waals surface area contributed by atoms with Gasteiger partial charge in [0.2, 0.25) is 0 Å². The van der Waals surface area contributed by atoms with Gasteiger partial charge >= 0.3 is 5.69 Å². The molecule has 0 unspecified atom stereocenters. The van der Waals surface area contributed by atoms with E-state index in [1.165, 1.54) is 0 Å². The lowest BCUT2D eigenvalue weighted by molar-refractivity contribution is 0.222. The van der Waals surface area contributed by atoms with Crippen molar-refractivity contribution in [3.63, 3.8) is 0 Å². The molecule has 88 valence electrons. The van der Waals surface area contributed by atoms with Gasteiger partial charge in [0.05, 0.1) is 0 Å². The third-order valence-electron chi connectivity index (χ3n) is 3.27. The van der Waals surface area contributed by atoms with Gasteiger partial charge in [-0.05, 0) is 38.4 Å². The van der Waals surface area contributed by atoms with Crippen molar-refractivity contribution >= 4 is 11.6 Å². The lowest BCUT2D eigenvalue weighted by Gasteiger charge is -2.31. The van der Waals surface area contributed by atoms with Crippen LogP contribution in [0.25, 0.3) is 0 Å². The number of H-pyrrole nitrogens is 1. The predicted molar refractivity (Wildman–Crippen MR) is 64.0 cm³/mol. The van der Waals surface area contributed by atoms with Gasteiger partial charge < -0.3 is 4.90 Å². The molecule has 1 aliphatic heterocycles. The van der Waals surface area contributed by atoms with Crippen molar-refractivity contribution in [2.75, 3.05) is 19.6 Å². The summed E-state index contributed by atoms with van der Waals surface area (Å²) >= 11 is 6.02. The van der Waals surface area contributed by atoms with E-state index in [-0.39, 0.29) is 5.69 Å². The van der Waals surface area contributed by atoms with Crippen LogP contribution in [0.3, 0.4) is 0 Å². The lowest BCUT2D eigenvalue weighted by Crippen LogP contribution is -2.33. The van der Waals surface area contributed by atoms with Gasteiger partial charge in [-0.15, -0.1) is 0 Å². The highest BCUT2D eigenvalue weighted by molar-refractivity contribution is 6.30. The van der Waals surface area contributed by atoms with Gasteiger partial charge in [-0.1, -0.05) is 18.5 Å². The number of halogens is 1. The molecule has 0 amide bonds. The molecular formula is C11H16ClN3O. The summed E-state index contributed by atoms with van der Waals surface area (Å²) in [6.45, 7) is 5.46. The van der Waals surface area contributed by atoms with Crippen LogP contribution in [0.4, 0.5) is 0 Å². The summed E-state index contributed by atoms with van der Waals surface area (Å²) in [5.74, 6) is 0.430. The highest BCUT2D eigenvalue weighted by Crippen LogP contribution is 2.30. The highest BCUT2D eigenvalue weighted by atomic mass is 35.5. The molecule has 0 spiro atoms. The Bertz CT molecular complexity index is 410. The smallest absolute Gasteiger partial charge is 0.304 e. The summed E-state index contributed by atoms with van der Waals surface area (Å²) < 4.78 is 0. The Hall–Kier alpha value is -0.870. The maximum Gasteiger partial charge on any atom is 0.346 e. The molecule has 0 radical (unpaired) electrons. The van der Waals surface area contributed by atoms with Crippen molar-refractivity contribution in [3.8, 4) is 0 Å². The number of hydrogen-bond donors (Lipinski definition) is 1. The molecule has 2 heterocycles. The van der Waals surface area contributed by atoms with E-state index in [0.717, 1.165) is 38.0 Å². The topological polar surface area (TPSA) is 49.0 Å². The molecule has 1 aliphatic rings. The van der Waals surface area contributed by atoms with Crippen LogP contribution >= 0.6 is 11.6 Å². The van der Waals surface area contributed by atoms with Crippen LogP contribution in [-0.4, -0.2) is 34.5 Å². The summed E-state index contributed by atoms with van der Waals surface area (Å²) in [5.41, 5.74) is 0.608. The average molecular weight is 242 g/mol. The van der Waals surface area contributed by atoms with Crippen molar-refractivity contribution in [1.82, 2.24) is 14.9 Å². The molecule has 4 nitrogen and oxygen atoms in total. The van der Waals surface area contributed by atoms with E-state index in [0.29, 0.717) is 11.1 Å². The van der Waals surface area contributed by atoms with Gasteiger partial charge in [0, 0.05) is 11.8 Å². The number of aromatic amines is 1. The minimum absolute atomic E-state index is 0.375. The molecule has 2 rings (SSSR count). The molecule has 0 atom stereocenters. The average Bonchev–Trinajstić information content (AvgIpc) is 2.29. The maximum absolute atomic E-state index is 11.0. The monoisotopic (exact) mass is 241 g/mol. The number of nitrogens with one attached hydrogen (secondary N) is 1. The van der Waals surface area contributed by atoms with Crippen LogP contribution in [0.1, 0.15) is 31.2 Å². The van der Waals surface area contributed by atoms with Gasteiger partial charge in [0.15, 0.2) is 0 Å². The second-order valence-electron chi connectivity index (χ2n) is 4.17. The van der Waals surface area contributed by atoms with E-state index < -0.39 is 0 Å². The Morgan fingerprint density at radius 3 is 2.81 bits per heavy atom. The summed E-state index contributed by atoms with van der Waals surface area (Å²) in [6, 6.07) is 0. The van der Waals surface area contributed by atoms with Gasteiger partial charge in [-0.3, -0.25) is 4.98 Å². The summed E-state index contributed by atoms with van der Waals surface area (Å²) in [5, 5.41) is 0.454. The Morgan fingerprint density at radius 1 is 1.56 bits per heavy atom. The fraction of sp³-hybridized carbons (Fsp3) is 0.636. The first-order valence-corrected chi connectivity index (χ1v) is 6.05. The van der Waals surface area contributed by atoms with Crippen molar-refractivity contribution in [2.45, 2.75) is 25.7 Å². The number of hydrogen-bond acceptors (Lipinski definition) is 3. The standard InChI is InChI=1S/C11H16ClN3O/c1-2-15-5-3-8(4-6-15)9-7-13-11(16)14-10(9)12/h7-8H,2-6H2,1H3,(H,13,14,16). The fourth-order valence-corrected chi connectivity index (χ4v) is 2.51. The SMILES string of the molecule is CCN1CCC(c2cnc(=O)[nH]c2Cl)CC1. The molecule has 0 aliphatic carbocycles. The Kier molecular flexibility index (Phi) is 3.61. The normalized spacial score (nSPS) is 18.9. The summed E-state index contributed by atoms with van der Waals surface area (Å²) in [7, 11) is 0.